The first-order chi connectivity index (χ1) is 17.1. The standard InChI is InChI=1S/C28H32N4O3/c1-3-27(33)30-22-13-14-24(23(19-22)28(34)29-20-21-9-5-4-6-10-21)31-15-17-32(18-16-31)25-11-7-8-12-26(25)35-2/h4-14,19H,3,15-18,20H2,1-2H3,(H,29,34)(H,30,33). The van der Waals surface area contributed by atoms with Crippen LogP contribution in [0.25, 0.3) is 0 Å². The number of anilines is 3. The Bertz CT molecular complexity index is 1160. The minimum absolute atomic E-state index is 0.0844. The van der Waals surface area contributed by atoms with Crippen LogP contribution in [-0.2, 0) is 11.3 Å². The number of ether oxygens (including phenoxy) is 1. The van der Waals surface area contributed by atoms with E-state index in [1.54, 1.807) is 20.1 Å². The van der Waals surface area contributed by atoms with E-state index in [-0.39, 0.29) is 11.8 Å². The van der Waals surface area contributed by atoms with Crippen LogP contribution in [0.5, 0.6) is 5.75 Å². The van der Waals surface area contributed by atoms with Gasteiger partial charge in [0.25, 0.3) is 5.91 Å². The summed E-state index contributed by atoms with van der Waals surface area (Å²) in [7, 11) is 1.69. The molecule has 4 rings (SSSR count). The van der Waals surface area contributed by atoms with E-state index >= 15 is 0 Å². The van der Waals surface area contributed by atoms with Crippen LogP contribution in [0.4, 0.5) is 17.1 Å². The molecule has 3 aromatic carbocycles. The maximum absolute atomic E-state index is 13.3. The molecule has 2 amide bonds. The summed E-state index contributed by atoms with van der Waals surface area (Å²) in [5.41, 5.74) is 4.15. The lowest BCUT2D eigenvalue weighted by atomic mass is 10.1. The zero-order valence-electron chi connectivity index (χ0n) is 20.3. The monoisotopic (exact) mass is 472 g/mol. The molecule has 0 aromatic heterocycles. The lowest BCUT2D eigenvalue weighted by Gasteiger charge is -2.38. The van der Waals surface area contributed by atoms with Gasteiger partial charge < -0.3 is 25.2 Å². The molecule has 1 saturated heterocycles. The molecular formula is C28H32N4O3. The van der Waals surface area contributed by atoms with E-state index in [1.807, 2.05) is 60.7 Å². The lowest BCUT2D eigenvalue weighted by molar-refractivity contribution is -0.115. The molecule has 1 aliphatic heterocycles. The van der Waals surface area contributed by atoms with E-state index in [0.717, 1.165) is 48.9 Å². The van der Waals surface area contributed by atoms with Gasteiger partial charge in [-0.15, -0.1) is 0 Å². The highest BCUT2D eigenvalue weighted by molar-refractivity contribution is 6.02. The second kappa shape index (κ2) is 11.4. The van der Waals surface area contributed by atoms with Gasteiger partial charge in [-0.25, -0.2) is 0 Å². The average Bonchev–Trinajstić information content (AvgIpc) is 2.92. The zero-order chi connectivity index (χ0) is 24.6. The van der Waals surface area contributed by atoms with Gasteiger partial charge in [0.1, 0.15) is 5.75 Å². The van der Waals surface area contributed by atoms with Crippen molar-refractivity contribution in [3.63, 3.8) is 0 Å². The Morgan fingerprint density at radius 3 is 2.20 bits per heavy atom. The molecule has 7 heteroatoms. The highest BCUT2D eigenvalue weighted by Gasteiger charge is 2.23. The second-order valence-electron chi connectivity index (χ2n) is 8.45. The molecule has 0 spiro atoms. The Balaban J connectivity index is 1.53. The van der Waals surface area contributed by atoms with Crippen molar-refractivity contribution in [3.8, 4) is 5.75 Å². The molecule has 182 valence electrons. The van der Waals surface area contributed by atoms with Crippen LogP contribution in [-0.4, -0.2) is 45.1 Å². The van der Waals surface area contributed by atoms with Gasteiger partial charge in [0, 0.05) is 50.5 Å². The summed E-state index contributed by atoms with van der Waals surface area (Å²) in [4.78, 5) is 29.8. The number of nitrogens with one attached hydrogen (secondary N) is 2. The van der Waals surface area contributed by atoms with Crippen LogP contribution in [0.15, 0.2) is 72.8 Å². The van der Waals surface area contributed by atoms with Gasteiger partial charge >= 0.3 is 0 Å². The molecule has 0 unspecified atom stereocenters. The van der Waals surface area contributed by atoms with Gasteiger partial charge in [-0.1, -0.05) is 49.4 Å². The van der Waals surface area contributed by atoms with Crippen LogP contribution in [0.2, 0.25) is 0 Å². The highest BCUT2D eigenvalue weighted by atomic mass is 16.5. The number of benzene rings is 3. The molecule has 3 aromatic rings. The van der Waals surface area contributed by atoms with Crippen molar-refractivity contribution in [1.29, 1.82) is 0 Å². The zero-order valence-corrected chi connectivity index (χ0v) is 20.3. The Hall–Kier alpha value is -4.00. The van der Waals surface area contributed by atoms with E-state index in [2.05, 4.69) is 26.5 Å². The smallest absolute Gasteiger partial charge is 0.253 e. The summed E-state index contributed by atoms with van der Waals surface area (Å²) in [5, 5.41) is 5.91. The van der Waals surface area contributed by atoms with Crippen LogP contribution in [0.1, 0.15) is 29.3 Å². The maximum Gasteiger partial charge on any atom is 0.253 e. The summed E-state index contributed by atoms with van der Waals surface area (Å²) >= 11 is 0. The number of carbonyl (C=O) groups is 2. The van der Waals surface area contributed by atoms with Crippen LogP contribution < -0.4 is 25.2 Å². The minimum Gasteiger partial charge on any atom is -0.495 e. The predicted octanol–water partition coefficient (Wildman–Crippen LogP) is 4.30. The Morgan fingerprint density at radius 1 is 0.857 bits per heavy atom. The third kappa shape index (κ3) is 5.93. The molecule has 1 fully saturated rings. The summed E-state index contributed by atoms with van der Waals surface area (Å²) in [6.45, 7) is 5.37. The number of methoxy groups -OCH3 is 1. The fourth-order valence-electron chi connectivity index (χ4n) is 4.27. The average molecular weight is 473 g/mol. The van der Waals surface area contributed by atoms with E-state index in [4.69, 9.17) is 4.74 Å². The maximum atomic E-state index is 13.3. The van der Waals surface area contributed by atoms with Gasteiger partial charge in [-0.2, -0.15) is 0 Å². The summed E-state index contributed by atoms with van der Waals surface area (Å²) < 4.78 is 5.54. The number of rotatable bonds is 8. The SMILES string of the molecule is CCC(=O)Nc1ccc(N2CCN(c3ccccc3OC)CC2)c(C(=O)NCc2ccccc2)c1. The number of carbonyl (C=O) groups excluding carboxylic acids is 2. The first-order valence-electron chi connectivity index (χ1n) is 12.0. The fraction of sp³-hybridized carbons (Fsp3) is 0.286. The van der Waals surface area contributed by atoms with Crippen molar-refractivity contribution >= 4 is 28.9 Å². The molecule has 0 saturated carbocycles. The quantitative estimate of drug-likeness (QED) is 0.511. The number of amides is 2. The third-order valence-electron chi connectivity index (χ3n) is 6.19. The van der Waals surface area contributed by atoms with Gasteiger partial charge in [0.2, 0.25) is 5.91 Å². The van der Waals surface area contributed by atoms with E-state index in [0.29, 0.717) is 24.2 Å². The number of nitrogens with zero attached hydrogens (tertiary/aromatic N) is 2. The van der Waals surface area contributed by atoms with Crippen molar-refractivity contribution in [1.82, 2.24) is 5.32 Å². The number of hydrogen-bond donors (Lipinski definition) is 2. The molecule has 7 nitrogen and oxygen atoms in total. The second-order valence-corrected chi connectivity index (χ2v) is 8.45. The van der Waals surface area contributed by atoms with Gasteiger partial charge in [0.05, 0.1) is 18.4 Å². The number of para-hydroxylation sites is 2. The topological polar surface area (TPSA) is 73.9 Å². The molecular weight excluding hydrogens is 440 g/mol. The van der Waals surface area contributed by atoms with Crippen LogP contribution >= 0.6 is 0 Å². The summed E-state index contributed by atoms with van der Waals surface area (Å²) in [5.74, 6) is 0.611. The molecule has 0 aliphatic carbocycles. The van der Waals surface area contributed by atoms with Gasteiger partial charge in [0.15, 0.2) is 0 Å². The van der Waals surface area contributed by atoms with E-state index < -0.39 is 0 Å². The molecule has 1 aliphatic rings. The molecule has 0 radical (unpaired) electrons. The molecule has 0 atom stereocenters. The highest BCUT2D eigenvalue weighted by Crippen LogP contribution is 2.31. The van der Waals surface area contributed by atoms with E-state index in [1.165, 1.54) is 0 Å². The van der Waals surface area contributed by atoms with E-state index in [9.17, 15) is 9.59 Å². The predicted molar refractivity (Wildman–Crippen MR) is 140 cm³/mol. The lowest BCUT2D eigenvalue weighted by Crippen LogP contribution is -2.47. The van der Waals surface area contributed by atoms with Crippen molar-refractivity contribution < 1.29 is 14.3 Å². The first-order valence-corrected chi connectivity index (χ1v) is 12.0. The molecule has 2 N–H and O–H groups in total. The normalized spacial score (nSPS) is 13.3. The molecule has 0 bridgehead atoms. The minimum atomic E-state index is -0.163. The van der Waals surface area contributed by atoms with Crippen LogP contribution in [0, 0.1) is 0 Å². The third-order valence-corrected chi connectivity index (χ3v) is 6.19. The summed E-state index contributed by atoms with van der Waals surface area (Å²) in [6.07, 6.45) is 0.377. The van der Waals surface area contributed by atoms with Gasteiger partial charge in [-0.05, 0) is 35.9 Å². The Kier molecular flexibility index (Phi) is 7.88. The summed E-state index contributed by atoms with van der Waals surface area (Å²) in [6, 6.07) is 23.4. The van der Waals surface area contributed by atoms with Gasteiger partial charge in [-0.3, -0.25) is 9.59 Å². The van der Waals surface area contributed by atoms with Crippen LogP contribution in [0.3, 0.4) is 0 Å². The number of piperazine rings is 1. The molecule has 1 heterocycles. The number of hydrogen-bond acceptors (Lipinski definition) is 5. The Morgan fingerprint density at radius 2 is 1.51 bits per heavy atom. The fourth-order valence-corrected chi connectivity index (χ4v) is 4.27. The van der Waals surface area contributed by atoms with Crippen molar-refractivity contribution in [3.05, 3.63) is 83.9 Å². The van der Waals surface area contributed by atoms with Crippen molar-refractivity contribution in [2.45, 2.75) is 19.9 Å². The largest absolute Gasteiger partial charge is 0.495 e. The van der Waals surface area contributed by atoms with Crippen molar-refractivity contribution in [2.75, 3.05) is 48.4 Å². The first kappa shape index (κ1) is 24.1. The Labute approximate surface area is 206 Å². The molecule has 35 heavy (non-hydrogen) atoms. The van der Waals surface area contributed by atoms with Crippen molar-refractivity contribution in [2.24, 2.45) is 0 Å².